The second-order valence-electron chi connectivity index (χ2n) is 5.85. The lowest BCUT2D eigenvalue weighted by Crippen LogP contribution is -2.23. The van der Waals surface area contributed by atoms with Gasteiger partial charge in [-0.2, -0.15) is 9.50 Å². The van der Waals surface area contributed by atoms with Crippen molar-refractivity contribution in [3.05, 3.63) is 78.5 Å². The fourth-order valence-electron chi connectivity index (χ4n) is 2.73. The third kappa shape index (κ3) is 3.06. The van der Waals surface area contributed by atoms with Crippen molar-refractivity contribution in [2.75, 3.05) is 0 Å². The minimum Gasteiger partial charge on any atom is -0.457 e. The summed E-state index contributed by atoms with van der Waals surface area (Å²) in [4.78, 5) is 18.6. The van der Waals surface area contributed by atoms with E-state index in [1.54, 1.807) is 36.4 Å². The Balaban J connectivity index is 1.55. The fourth-order valence-corrected chi connectivity index (χ4v) is 4.66. The summed E-state index contributed by atoms with van der Waals surface area (Å²) in [6.07, 6.45) is 1.68. The molecule has 0 saturated carbocycles. The molecule has 0 atom stereocenters. The molecular weight excluding hydrogens is 437 g/mol. The quantitative estimate of drug-likeness (QED) is 0.392. The number of benzene rings is 1. The highest BCUT2D eigenvalue weighted by Crippen LogP contribution is 2.32. The Morgan fingerprint density at radius 2 is 2.04 bits per heavy atom. The summed E-state index contributed by atoms with van der Waals surface area (Å²) in [5.74, 6) is 1.66. The molecule has 5 aromatic rings. The van der Waals surface area contributed by atoms with Gasteiger partial charge in [0.1, 0.15) is 16.1 Å². The van der Waals surface area contributed by atoms with E-state index in [4.69, 9.17) is 27.6 Å². The van der Waals surface area contributed by atoms with Crippen LogP contribution in [0, 0.1) is 0 Å². The Bertz CT molecular complexity index is 1420. The molecule has 0 fully saturated rings. The van der Waals surface area contributed by atoms with Gasteiger partial charge in [0.05, 0.1) is 9.90 Å². The molecule has 138 valence electrons. The molecule has 0 saturated heterocycles. The lowest BCUT2D eigenvalue weighted by atomic mass is 10.2. The topological polar surface area (TPSA) is 60.4 Å². The van der Waals surface area contributed by atoms with Gasteiger partial charge in [0.2, 0.25) is 4.96 Å². The lowest BCUT2D eigenvalue weighted by molar-refractivity contribution is 0.571. The highest BCUT2D eigenvalue weighted by Gasteiger charge is 2.13. The molecule has 5 rings (SSSR count). The largest absolute Gasteiger partial charge is 0.457 e. The summed E-state index contributed by atoms with van der Waals surface area (Å²) in [7, 11) is 0. The summed E-state index contributed by atoms with van der Waals surface area (Å²) in [5.41, 5.74) is 0.466. The van der Waals surface area contributed by atoms with Crippen LogP contribution in [0.1, 0.15) is 5.76 Å². The van der Waals surface area contributed by atoms with Crippen molar-refractivity contribution in [1.29, 1.82) is 0 Å². The zero-order valence-corrected chi connectivity index (χ0v) is 17.1. The molecule has 0 aliphatic heterocycles. The molecule has 0 amide bonds. The molecule has 9 heteroatoms. The zero-order chi connectivity index (χ0) is 19.3. The van der Waals surface area contributed by atoms with Crippen molar-refractivity contribution >= 4 is 56.9 Å². The van der Waals surface area contributed by atoms with Crippen LogP contribution in [0.25, 0.3) is 33.1 Å². The molecule has 4 heterocycles. The molecular formula is C19H9Cl2N3O2S2. The van der Waals surface area contributed by atoms with Gasteiger partial charge in [0, 0.05) is 16.7 Å². The molecule has 1 aromatic carbocycles. The Hall–Kier alpha value is -2.45. The first kappa shape index (κ1) is 17.6. The average Bonchev–Trinajstić information content (AvgIpc) is 3.45. The van der Waals surface area contributed by atoms with Crippen LogP contribution >= 0.6 is 45.9 Å². The first-order chi connectivity index (χ1) is 13.6. The maximum absolute atomic E-state index is 12.7. The SMILES string of the molecule is O=c1/c(=C/c2ccc(-c3cc(Cl)ccc3Cl)o2)sc2nc(-c3cccs3)nn12. The maximum Gasteiger partial charge on any atom is 0.291 e. The summed E-state index contributed by atoms with van der Waals surface area (Å²) >= 11 is 15.1. The van der Waals surface area contributed by atoms with Crippen LogP contribution < -0.4 is 10.1 Å². The van der Waals surface area contributed by atoms with E-state index in [0.29, 0.717) is 42.4 Å². The van der Waals surface area contributed by atoms with Gasteiger partial charge < -0.3 is 4.42 Å². The second kappa shape index (κ2) is 6.86. The van der Waals surface area contributed by atoms with E-state index in [-0.39, 0.29) is 5.56 Å². The predicted molar refractivity (Wildman–Crippen MR) is 113 cm³/mol. The Kier molecular flexibility index (Phi) is 4.32. The summed E-state index contributed by atoms with van der Waals surface area (Å²) in [6.45, 7) is 0. The number of hydrogen-bond acceptors (Lipinski definition) is 6. The van der Waals surface area contributed by atoms with E-state index < -0.39 is 0 Å². The Labute approximate surface area is 176 Å². The molecule has 0 bridgehead atoms. The van der Waals surface area contributed by atoms with Crippen LogP contribution in [0.3, 0.4) is 0 Å². The standard InChI is InChI=1S/C19H9Cl2N3O2S2/c20-10-3-5-13(21)12(8-10)14-6-4-11(26-14)9-16-18(25)24-19(28-16)22-17(23-24)15-2-1-7-27-15/h1-9H/b16-9-. The van der Waals surface area contributed by atoms with Crippen molar-refractivity contribution in [2.24, 2.45) is 0 Å². The number of thiazole rings is 1. The predicted octanol–water partition coefficient (Wildman–Crippen LogP) is 4.99. The van der Waals surface area contributed by atoms with Crippen molar-refractivity contribution in [2.45, 2.75) is 0 Å². The van der Waals surface area contributed by atoms with Crippen molar-refractivity contribution in [1.82, 2.24) is 14.6 Å². The van der Waals surface area contributed by atoms with Crippen molar-refractivity contribution < 1.29 is 4.42 Å². The summed E-state index contributed by atoms with van der Waals surface area (Å²) in [6, 6.07) is 12.6. The first-order valence-electron chi connectivity index (χ1n) is 8.09. The molecule has 0 unspecified atom stereocenters. The highest BCUT2D eigenvalue weighted by atomic mass is 35.5. The number of aromatic nitrogens is 3. The minimum atomic E-state index is -0.228. The van der Waals surface area contributed by atoms with E-state index in [0.717, 1.165) is 4.88 Å². The number of hydrogen-bond donors (Lipinski definition) is 0. The number of rotatable bonds is 3. The first-order valence-corrected chi connectivity index (χ1v) is 10.5. The number of furan rings is 1. The van der Waals surface area contributed by atoms with Crippen LogP contribution in [-0.4, -0.2) is 14.6 Å². The average molecular weight is 446 g/mol. The van der Waals surface area contributed by atoms with E-state index >= 15 is 0 Å². The smallest absolute Gasteiger partial charge is 0.291 e. The van der Waals surface area contributed by atoms with Crippen LogP contribution in [0.15, 0.2) is 57.1 Å². The number of thiophene rings is 1. The van der Waals surface area contributed by atoms with Gasteiger partial charge in [-0.1, -0.05) is 40.6 Å². The summed E-state index contributed by atoms with van der Waals surface area (Å²) in [5, 5.41) is 7.37. The Morgan fingerprint density at radius 1 is 1.14 bits per heavy atom. The van der Waals surface area contributed by atoms with Gasteiger partial charge in [-0.25, -0.2) is 0 Å². The number of nitrogens with zero attached hydrogens (tertiary/aromatic N) is 3. The molecule has 0 N–H and O–H groups in total. The molecule has 28 heavy (non-hydrogen) atoms. The maximum atomic E-state index is 12.7. The third-order valence-corrected chi connectivity index (χ3v) is 6.41. The lowest BCUT2D eigenvalue weighted by Gasteiger charge is -2.00. The van der Waals surface area contributed by atoms with Crippen LogP contribution in [0.4, 0.5) is 0 Å². The van der Waals surface area contributed by atoms with E-state index in [9.17, 15) is 4.79 Å². The third-order valence-electron chi connectivity index (χ3n) is 4.02. The van der Waals surface area contributed by atoms with Crippen molar-refractivity contribution in [3.63, 3.8) is 0 Å². The van der Waals surface area contributed by atoms with Gasteiger partial charge in [-0.3, -0.25) is 4.79 Å². The molecule has 0 radical (unpaired) electrons. The zero-order valence-electron chi connectivity index (χ0n) is 13.9. The van der Waals surface area contributed by atoms with Gasteiger partial charge in [-0.15, -0.1) is 16.4 Å². The summed E-state index contributed by atoms with van der Waals surface area (Å²) < 4.78 is 7.65. The minimum absolute atomic E-state index is 0.228. The number of fused-ring (bicyclic) bond motifs is 1. The van der Waals surface area contributed by atoms with Crippen LogP contribution in [0.5, 0.6) is 0 Å². The normalized spacial score (nSPS) is 12.3. The number of halogens is 2. The van der Waals surface area contributed by atoms with E-state index in [1.807, 2.05) is 17.5 Å². The van der Waals surface area contributed by atoms with Crippen molar-refractivity contribution in [3.8, 4) is 22.0 Å². The van der Waals surface area contributed by atoms with E-state index in [1.165, 1.54) is 27.2 Å². The van der Waals surface area contributed by atoms with Crippen LogP contribution in [0.2, 0.25) is 10.0 Å². The van der Waals surface area contributed by atoms with Gasteiger partial charge in [-0.05, 0) is 41.8 Å². The molecule has 0 aliphatic rings. The van der Waals surface area contributed by atoms with E-state index in [2.05, 4.69) is 10.1 Å². The van der Waals surface area contributed by atoms with Gasteiger partial charge in [0.15, 0.2) is 5.82 Å². The second-order valence-corrected chi connectivity index (χ2v) is 8.65. The highest BCUT2D eigenvalue weighted by molar-refractivity contribution is 7.15. The molecule has 5 nitrogen and oxygen atoms in total. The molecule has 0 aliphatic carbocycles. The molecule has 0 spiro atoms. The Morgan fingerprint density at radius 3 is 2.82 bits per heavy atom. The fraction of sp³-hybridized carbons (Fsp3) is 0. The van der Waals surface area contributed by atoms with Gasteiger partial charge >= 0.3 is 0 Å². The van der Waals surface area contributed by atoms with Gasteiger partial charge in [0.25, 0.3) is 5.56 Å². The molecule has 4 aromatic heterocycles. The van der Waals surface area contributed by atoms with Crippen LogP contribution in [-0.2, 0) is 0 Å². The monoisotopic (exact) mass is 445 g/mol.